The lowest BCUT2D eigenvalue weighted by Crippen LogP contribution is -2.43. The highest BCUT2D eigenvalue weighted by atomic mass is 19.1. The zero-order valence-electron chi connectivity index (χ0n) is 9.76. The summed E-state index contributed by atoms with van der Waals surface area (Å²) in [5.74, 6) is 0. The van der Waals surface area contributed by atoms with E-state index in [0.717, 1.165) is 5.56 Å². The Morgan fingerprint density at radius 1 is 1.13 bits per heavy atom. The molecule has 1 aromatic carbocycles. The van der Waals surface area contributed by atoms with E-state index in [9.17, 15) is 4.39 Å². The van der Waals surface area contributed by atoms with Gasteiger partial charge in [0.1, 0.15) is 5.67 Å². The summed E-state index contributed by atoms with van der Waals surface area (Å²) in [6.07, 6.45) is 1.08. The van der Waals surface area contributed by atoms with Crippen molar-refractivity contribution < 1.29 is 4.39 Å². The first-order chi connectivity index (χ1) is 6.79. The van der Waals surface area contributed by atoms with Crippen LogP contribution in [-0.2, 0) is 6.42 Å². The minimum absolute atomic E-state index is 0.370. The largest absolute Gasteiger partial charge is 0.325 e. The predicted octanol–water partition coefficient (Wildman–Crippen LogP) is 3.08. The zero-order chi connectivity index (χ0) is 11.5. The number of hydrogen-bond donors (Lipinski definition) is 1. The van der Waals surface area contributed by atoms with Crippen LogP contribution < -0.4 is 5.73 Å². The maximum absolute atomic E-state index is 13.5. The van der Waals surface area contributed by atoms with E-state index in [-0.39, 0.29) is 0 Å². The smallest absolute Gasteiger partial charge is 0.107 e. The van der Waals surface area contributed by atoms with Crippen molar-refractivity contribution >= 4 is 0 Å². The van der Waals surface area contributed by atoms with E-state index < -0.39 is 11.2 Å². The van der Waals surface area contributed by atoms with E-state index in [0.29, 0.717) is 12.8 Å². The van der Waals surface area contributed by atoms with Crippen molar-refractivity contribution in [2.24, 2.45) is 5.73 Å². The highest BCUT2D eigenvalue weighted by Crippen LogP contribution is 2.24. The Bertz CT molecular complexity index is 298. The zero-order valence-corrected chi connectivity index (χ0v) is 9.76. The molecule has 15 heavy (non-hydrogen) atoms. The van der Waals surface area contributed by atoms with Gasteiger partial charge in [-0.3, -0.25) is 0 Å². The third kappa shape index (κ3) is 4.93. The van der Waals surface area contributed by atoms with Gasteiger partial charge in [-0.1, -0.05) is 30.3 Å². The van der Waals surface area contributed by atoms with E-state index >= 15 is 0 Å². The first-order valence-electron chi connectivity index (χ1n) is 5.30. The fourth-order valence-corrected chi connectivity index (χ4v) is 2.08. The van der Waals surface area contributed by atoms with E-state index in [2.05, 4.69) is 0 Å². The number of nitrogens with two attached hydrogens (primary N) is 1. The van der Waals surface area contributed by atoms with Crippen LogP contribution in [0.4, 0.5) is 4.39 Å². The summed E-state index contributed by atoms with van der Waals surface area (Å²) in [4.78, 5) is 0. The highest BCUT2D eigenvalue weighted by molar-refractivity contribution is 5.17. The normalized spacial score (nSPS) is 16.1. The van der Waals surface area contributed by atoms with Crippen LogP contribution in [0.1, 0.15) is 32.8 Å². The van der Waals surface area contributed by atoms with Crippen LogP contribution in [-0.4, -0.2) is 11.2 Å². The van der Waals surface area contributed by atoms with Gasteiger partial charge in [0.15, 0.2) is 0 Å². The summed E-state index contributed by atoms with van der Waals surface area (Å²) in [5.41, 5.74) is 5.56. The molecule has 84 valence electrons. The summed E-state index contributed by atoms with van der Waals surface area (Å²) >= 11 is 0. The van der Waals surface area contributed by atoms with Crippen LogP contribution in [0.2, 0.25) is 0 Å². The molecule has 0 bridgehead atoms. The van der Waals surface area contributed by atoms with Crippen molar-refractivity contribution in [3.63, 3.8) is 0 Å². The maximum Gasteiger partial charge on any atom is 0.107 e. The van der Waals surface area contributed by atoms with E-state index in [1.165, 1.54) is 0 Å². The predicted molar refractivity (Wildman–Crippen MR) is 62.5 cm³/mol. The lowest BCUT2D eigenvalue weighted by atomic mass is 9.85. The first kappa shape index (κ1) is 12.2. The molecule has 0 spiro atoms. The summed E-state index contributed by atoms with van der Waals surface area (Å²) in [5, 5.41) is 0. The Labute approximate surface area is 91.5 Å². The van der Waals surface area contributed by atoms with Gasteiger partial charge < -0.3 is 5.73 Å². The molecule has 2 N–H and O–H groups in total. The molecule has 0 aromatic heterocycles. The molecule has 1 rings (SSSR count). The second-order valence-corrected chi connectivity index (χ2v) is 5.21. The fraction of sp³-hybridized carbons (Fsp3) is 0.538. The van der Waals surface area contributed by atoms with Crippen LogP contribution in [0.3, 0.4) is 0 Å². The summed E-state index contributed by atoms with van der Waals surface area (Å²) in [6, 6.07) is 9.97. The second kappa shape index (κ2) is 4.31. The summed E-state index contributed by atoms with van der Waals surface area (Å²) in [6.45, 7) is 5.05. The average molecular weight is 209 g/mol. The Morgan fingerprint density at radius 2 is 1.67 bits per heavy atom. The summed E-state index contributed by atoms with van der Waals surface area (Å²) in [7, 11) is 0. The highest BCUT2D eigenvalue weighted by Gasteiger charge is 2.28. The molecule has 1 nitrogen and oxygen atoms in total. The van der Waals surface area contributed by atoms with Gasteiger partial charge in [0.25, 0.3) is 0 Å². The topological polar surface area (TPSA) is 26.0 Å². The van der Waals surface area contributed by atoms with Crippen LogP contribution in [0.15, 0.2) is 30.3 Å². The van der Waals surface area contributed by atoms with Gasteiger partial charge >= 0.3 is 0 Å². The van der Waals surface area contributed by atoms with Crippen molar-refractivity contribution in [3.05, 3.63) is 35.9 Å². The molecule has 1 aromatic rings. The molecule has 0 saturated carbocycles. The van der Waals surface area contributed by atoms with Crippen molar-refractivity contribution in [1.29, 1.82) is 0 Å². The number of rotatable bonds is 4. The molecule has 0 radical (unpaired) electrons. The first-order valence-corrected chi connectivity index (χ1v) is 5.30. The Morgan fingerprint density at radius 3 is 2.13 bits per heavy atom. The molecule has 2 heteroatoms. The van der Waals surface area contributed by atoms with Crippen LogP contribution >= 0.6 is 0 Å². The fourth-order valence-electron chi connectivity index (χ4n) is 2.08. The molecule has 0 heterocycles. The minimum Gasteiger partial charge on any atom is -0.325 e. The van der Waals surface area contributed by atoms with Crippen molar-refractivity contribution in [1.82, 2.24) is 0 Å². The number of alkyl halides is 1. The van der Waals surface area contributed by atoms with Gasteiger partial charge in [0.2, 0.25) is 0 Å². The molecular formula is C13H20FN. The summed E-state index contributed by atoms with van der Waals surface area (Å²) < 4.78 is 13.5. The third-order valence-electron chi connectivity index (χ3n) is 2.27. The number of halogens is 1. The van der Waals surface area contributed by atoms with Gasteiger partial charge in [-0.15, -0.1) is 0 Å². The Kier molecular flexibility index (Phi) is 3.50. The number of benzene rings is 1. The van der Waals surface area contributed by atoms with Gasteiger partial charge in [-0.2, -0.15) is 0 Å². The quantitative estimate of drug-likeness (QED) is 0.810. The van der Waals surface area contributed by atoms with Gasteiger partial charge in [0.05, 0.1) is 0 Å². The minimum atomic E-state index is -1.21. The van der Waals surface area contributed by atoms with Crippen molar-refractivity contribution in [2.75, 3.05) is 0 Å². The Hall–Kier alpha value is -0.890. The van der Waals surface area contributed by atoms with Gasteiger partial charge in [0, 0.05) is 5.54 Å². The SMILES string of the molecule is CC(C)(F)C[C@](C)(N)Cc1ccccc1. The molecule has 0 unspecified atom stereocenters. The molecule has 0 amide bonds. The molecule has 0 aliphatic rings. The van der Waals surface area contributed by atoms with E-state index in [1.807, 2.05) is 37.3 Å². The molecule has 0 saturated heterocycles. The lowest BCUT2D eigenvalue weighted by Gasteiger charge is -2.30. The van der Waals surface area contributed by atoms with Gasteiger partial charge in [-0.25, -0.2) is 4.39 Å². The van der Waals surface area contributed by atoms with Crippen molar-refractivity contribution in [3.8, 4) is 0 Å². The third-order valence-corrected chi connectivity index (χ3v) is 2.27. The molecule has 0 aliphatic heterocycles. The second-order valence-electron chi connectivity index (χ2n) is 5.21. The maximum atomic E-state index is 13.5. The van der Waals surface area contributed by atoms with Crippen LogP contribution in [0, 0.1) is 0 Å². The standard InChI is InChI=1S/C13H20FN/c1-12(2,14)10-13(3,15)9-11-7-5-4-6-8-11/h4-8H,9-10,15H2,1-3H3/t13-/m1/s1. The monoisotopic (exact) mass is 209 g/mol. The lowest BCUT2D eigenvalue weighted by molar-refractivity contribution is 0.159. The molecule has 1 atom stereocenters. The van der Waals surface area contributed by atoms with Gasteiger partial charge in [-0.05, 0) is 39.2 Å². The molecule has 0 aliphatic carbocycles. The molecule has 0 fully saturated rings. The van der Waals surface area contributed by atoms with Crippen LogP contribution in [0.5, 0.6) is 0 Å². The average Bonchev–Trinajstić information content (AvgIpc) is 1.99. The van der Waals surface area contributed by atoms with E-state index in [1.54, 1.807) is 13.8 Å². The van der Waals surface area contributed by atoms with E-state index in [4.69, 9.17) is 5.73 Å². The van der Waals surface area contributed by atoms with Crippen LogP contribution in [0.25, 0.3) is 0 Å². The Balaban J connectivity index is 2.65. The molecular weight excluding hydrogens is 189 g/mol. The van der Waals surface area contributed by atoms with Crippen molar-refractivity contribution in [2.45, 2.75) is 44.8 Å². The number of hydrogen-bond acceptors (Lipinski definition) is 1.